The first-order valence-corrected chi connectivity index (χ1v) is 8.84. The van der Waals surface area contributed by atoms with Crippen LogP contribution in [0.5, 0.6) is 0 Å². The summed E-state index contributed by atoms with van der Waals surface area (Å²) < 4.78 is 10.2. The highest BCUT2D eigenvalue weighted by Gasteiger charge is 2.06. The predicted octanol–water partition coefficient (Wildman–Crippen LogP) is 5.27. The normalized spacial score (nSPS) is 12.3. The Bertz CT molecular complexity index is 229. The molecule has 0 saturated heterocycles. The van der Waals surface area contributed by atoms with Crippen molar-refractivity contribution in [1.82, 2.24) is 0 Å². The van der Waals surface area contributed by atoms with Gasteiger partial charge in [0.25, 0.3) is 0 Å². The smallest absolute Gasteiger partial charge is 0.305 e. The van der Waals surface area contributed by atoms with Gasteiger partial charge in [0.05, 0.1) is 13.2 Å². The fourth-order valence-corrected chi connectivity index (χ4v) is 2.63. The molecular formula is C18H36O3. The summed E-state index contributed by atoms with van der Waals surface area (Å²) in [5, 5.41) is 0. The minimum atomic E-state index is -0.0824. The maximum absolute atomic E-state index is 10.9. The van der Waals surface area contributed by atoms with Gasteiger partial charge in [-0.3, -0.25) is 4.79 Å². The summed E-state index contributed by atoms with van der Waals surface area (Å²) in [5.74, 6) is -0.0824. The molecule has 3 nitrogen and oxygen atoms in total. The van der Waals surface area contributed by atoms with Crippen LogP contribution < -0.4 is 0 Å². The zero-order valence-corrected chi connectivity index (χ0v) is 14.5. The van der Waals surface area contributed by atoms with E-state index < -0.39 is 0 Å². The topological polar surface area (TPSA) is 35.5 Å². The molecule has 0 rings (SSSR count). The molecule has 0 amide bonds. The van der Waals surface area contributed by atoms with E-state index in [0.717, 1.165) is 12.8 Å². The zero-order chi connectivity index (χ0) is 15.8. The number of ether oxygens (including phenoxy) is 2. The Morgan fingerprint density at radius 2 is 1.33 bits per heavy atom. The molecule has 0 saturated carbocycles. The fourth-order valence-electron chi connectivity index (χ4n) is 2.63. The van der Waals surface area contributed by atoms with Crippen molar-refractivity contribution in [2.24, 2.45) is 0 Å². The van der Waals surface area contributed by atoms with Crippen LogP contribution in [0.15, 0.2) is 0 Å². The minimum Gasteiger partial charge on any atom is -0.469 e. The van der Waals surface area contributed by atoms with E-state index in [2.05, 4.69) is 11.7 Å². The maximum Gasteiger partial charge on any atom is 0.305 e. The number of hydrogen-bond donors (Lipinski definition) is 0. The first kappa shape index (κ1) is 20.4. The van der Waals surface area contributed by atoms with Gasteiger partial charge in [0.2, 0.25) is 0 Å². The molecule has 0 aliphatic carbocycles. The first-order chi connectivity index (χ1) is 10.2. The lowest BCUT2D eigenvalue weighted by Crippen LogP contribution is -2.10. The minimum absolute atomic E-state index is 0.0824. The fraction of sp³-hybridized carbons (Fsp3) is 0.944. The lowest BCUT2D eigenvalue weighted by Gasteiger charge is -2.14. The largest absolute Gasteiger partial charge is 0.469 e. The van der Waals surface area contributed by atoms with Crippen molar-refractivity contribution in [2.45, 2.75) is 96.5 Å². The van der Waals surface area contributed by atoms with Crippen LogP contribution in [-0.2, 0) is 14.3 Å². The van der Waals surface area contributed by atoms with Crippen LogP contribution in [0, 0.1) is 0 Å². The number of unbranched alkanes of at least 4 members (excludes halogenated alkanes) is 8. The molecule has 0 aliphatic heterocycles. The Morgan fingerprint density at radius 3 is 1.86 bits per heavy atom. The highest BCUT2D eigenvalue weighted by molar-refractivity contribution is 5.68. The summed E-state index contributed by atoms with van der Waals surface area (Å²) in [5.41, 5.74) is 0. The van der Waals surface area contributed by atoms with Crippen molar-refractivity contribution in [2.75, 3.05) is 14.2 Å². The van der Waals surface area contributed by atoms with Gasteiger partial charge in [0.15, 0.2) is 0 Å². The van der Waals surface area contributed by atoms with Gasteiger partial charge in [-0.1, -0.05) is 64.7 Å². The number of rotatable bonds is 15. The van der Waals surface area contributed by atoms with E-state index in [1.807, 2.05) is 7.11 Å². The first-order valence-electron chi connectivity index (χ1n) is 8.84. The second kappa shape index (κ2) is 15.8. The molecule has 0 heterocycles. The summed E-state index contributed by atoms with van der Waals surface area (Å²) >= 11 is 0. The van der Waals surface area contributed by atoms with Crippen LogP contribution in [-0.4, -0.2) is 26.3 Å². The number of carbonyl (C=O) groups excluding carboxylic acids is 1. The van der Waals surface area contributed by atoms with E-state index >= 15 is 0 Å². The number of hydrogen-bond acceptors (Lipinski definition) is 3. The molecule has 126 valence electrons. The van der Waals surface area contributed by atoms with E-state index in [1.54, 1.807) is 0 Å². The lowest BCUT2D eigenvalue weighted by molar-refractivity contribution is -0.140. The van der Waals surface area contributed by atoms with Gasteiger partial charge in [-0.25, -0.2) is 0 Å². The molecule has 3 heteroatoms. The van der Waals surface area contributed by atoms with Crippen molar-refractivity contribution in [3.63, 3.8) is 0 Å². The Labute approximate surface area is 131 Å². The van der Waals surface area contributed by atoms with Crippen LogP contribution in [0.3, 0.4) is 0 Å². The van der Waals surface area contributed by atoms with E-state index in [-0.39, 0.29) is 5.97 Å². The highest BCUT2D eigenvalue weighted by atomic mass is 16.5. The van der Waals surface area contributed by atoms with Crippen LogP contribution in [0.1, 0.15) is 90.4 Å². The molecule has 1 atom stereocenters. The molecule has 0 fully saturated rings. The van der Waals surface area contributed by atoms with E-state index in [9.17, 15) is 4.79 Å². The Morgan fingerprint density at radius 1 is 0.810 bits per heavy atom. The molecule has 0 radical (unpaired) electrons. The van der Waals surface area contributed by atoms with Gasteiger partial charge in [-0.05, 0) is 19.3 Å². The van der Waals surface area contributed by atoms with Crippen molar-refractivity contribution in [1.29, 1.82) is 0 Å². The van der Waals surface area contributed by atoms with Gasteiger partial charge >= 0.3 is 5.97 Å². The van der Waals surface area contributed by atoms with Gasteiger partial charge in [0, 0.05) is 13.5 Å². The van der Waals surface area contributed by atoms with E-state index in [1.165, 1.54) is 71.3 Å². The molecule has 21 heavy (non-hydrogen) atoms. The Kier molecular flexibility index (Phi) is 15.4. The molecular weight excluding hydrogens is 264 g/mol. The molecule has 0 aromatic rings. The Balaban J connectivity index is 3.32. The quantitative estimate of drug-likeness (QED) is 0.305. The van der Waals surface area contributed by atoms with E-state index in [0.29, 0.717) is 12.5 Å². The third-order valence-electron chi connectivity index (χ3n) is 4.10. The van der Waals surface area contributed by atoms with E-state index in [4.69, 9.17) is 4.74 Å². The average molecular weight is 300 g/mol. The molecule has 0 aromatic heterocycles. The molecule has 0 N–H and O–H groups in total. The third kappa shape index (κ3) is 14.1. The zero-order valence-electron chi connectivity index (χ0n) is 14.5. The van der Waals surface area contributed by atoms with Crippen molar-refractivity contribution >= 4 is 5.97 Å². The molecule has 0 aliphatic rings. The van der Waals surface area contributed by atoms with Crippen molar-refractivity contribution in [3.8, 4) is 0 Å². The average Bonchev–Trinajstić information content (AvgIpc) is 2.51. The number of esters is 1. The highest BCUT2D eigenvalue weighted by Crippen LogP contribution is 2.15. The maximum atomic E-state index is 10.9. The Hall–Kier alpha value is -0.570. The van der Waals surface area contributed by atoms with Gasteiger partial charge in [-0.15, -0.1) is 0 Å². The second-order valence-corrected chi connectivity index (χ2v) is 5.94. The molecule has 0 aromatic carbocycles. The van der Waals surface area contributed by atoms with Gasteiger partial charge < -0.3 is 9.47 Å². The molecule has 0 spiro atoms. The predicted molar refractivity (Wildman–Crippen MR) is 88.5 cm³/mol. The van der Waals surface area contributed by atoms with Crippen molar-refractivity contribution < 1.29 is 14.3 Å². The van der Waals surface area contributed by atoms with Crippen LogP contribution >= 0.6 is 0 Å². The summed E-state index contributed by atoms with van der Waals surface area (Å²) in [6.07, 6.45) is 15.9. The SMILES string of the molecule is CCCCCC[C@H](CCCCCCCCC(=O)OC)OC. The van der Waals surface area contributed by atoms with Crippen LogP contribution in [0.2, 0.25) is 0 Å². The lowest BCUT2D eigenvalue weighted by atomic mass is 10.0. The summed E-state index contributed by atoms with van der Waals surface area (Å²) in [6, 6.07) is 0. The monoisotopic (exact) mass is 300 g/mol. The molecule has 0 bridgehead atoms. The molecule has 0 unspecified atom stereocenters. The second-order valence-electron chi connectivity index (χ2n) is 5.94. The number of carbonyl (C=O) groups is 1. The van der Waals surface area contributed by atoms with Crippen LogP contribution in [0.25, 0.3) is 0 Å². The van der Waals surface area contributed by atoms with Crippen LogP contribution in [0.4, 0.5) is 0 Å². The summed E-state index contributed by atoms with van der Waals surface area (Å²) in [4.78, 5) is 10.9. The van der Waals surface area contributed by atoms with Gasteiger partial charge in [0.1, 0.15) is 0 Å². The standard InChI is InChI=1S/C18H36O3/c1-4-5-6-11-14-17(20-2)15-12-9-7-8-10-13-16-18(19)21-3/h17H,4-16H2,1-3H3/t17-/m1/s1. The summed E-state index contributed by atoms with van der Waals surface area (Å²) in [6.45, 7) is 2.25. The van der Waals surface area contributed by atoms with Crippen molar-refractivity contribution in [3.05, 3.63) is 0 Å². The van der Waals surface area contributed by atoms with Gasteiger partial charge in [-0.2, -0.15) is 0 Å². The third-order valence-corrected chi connectivity index (χ3v) is 4.10. The summed E-state index contributed by atoms with van der Waals surface area (Å²) in [7, 11) is 3.30. The number of methoxy groups -OCH3 is 2.